The van der Waals surface area contributed by atoms with Gasteiger partial charge in [0.1, 0.15) is 26.8 Å². The van der Waals surface area contributed by atoms with Gasteiger partial charge in [-0.25, -0.2) is 9.97 Å². The first-order valence-electron chi connectivity index (χ1n) is 7.57. The van der Waals surface area contributed by atoms with Crippen LogP contribution in [0.1, 0.15) is 0 Å². The van der Waals surface area contributed by atoms with E-state index in [9.17, 15) is 17.7 Å². The summed E-state index contributed by atoms with van der Waals surface area (Å²) in [6, 6.07) is 14.2. The van der Waals surface area contributed by atoms with Crippen molar-refractivity contribution in [2.45, 2.75) is 6.36 Å². The number of anilines is 2. The van der Waals surface area contributed by atoms with Gasteiger partial charge in [0.2, 0.25) is 0 Å². The van der Waals surface area contributed by atoms with Gasteiger partial charge in [-0.15, -0.1) is 13.2 Å². The quantitative estimate of drug-likeness (QED) is 0.598. The predicted molar refractivity (Wildman–Crippen MR) is 101 cm³/mol. The number of hydrogen-bond acceptors (Lipinski definition) is 5. The summed E-state index contributed by atoms with van der Waals surface area (Å²) in [5.41, 5.74) is 2.01. The third kappa shape index (κ3) is 5.46. The molecule has 0 spiro atoms. The molecule has 0 aliphatic carbocycles. The number of halogens is 3. The first-order valence-corrected chi connectivity index (χ1v) is 10.5. The van der Waals surface area contributed by atoms with Gasteiger partial charge in [-0.1, -0.05) is 4.57 Å². The van der Waals surface area contributed by atoms with Crippen molar-refractivity contribution >= 4 is 33.2 Å². The maximum absolute atomic E-state index is 12.2. The molecule has 5 nitrogen and oxygen atoms in total. The highest BCUT2D eigenvalue weighted by Crippen LogP contribution is 2.30. The van der Waals surface area contributed by atoms with Gasteiger partial charge in [0.25, 0.3) is 0 Å². The van der Waals surface area contributed by atoms with Crippen molar-refractivity contribution in [1.82, 2.24) is 9.97 Å². The van der Waals surface area contributed by atoms with E-state index in [-0.39, 0.29) is 5.75 Å². The fourth-order valence-corrected chi connectivity index (χ4v) is 3.21. The Morgan fingerprint density at radius 3 is 2.26 bits per heavy atom. The van der Waals surface area contributed by atoms with E-state index in [1.807, 2.05) is 12.1 Å². The number of aromatic nitrogens is 2. The zero-order valence-corrected chi connectivity index (χ0v) is 15.7. The molecular weight excluding hydrogens is 397 g/mol. The molecule has 0 aliphatic heterocycles. The monoisotopic (exact) mass is 410 g/mol. The summed E-state index contributed by atoms with van der Waals surface area (Å²) in [6.07, 6.45) is -3.35. The van der Waals surface area contributed by atoms with Crippen LogP contribution in [-0.2, 0) is 4.57 Å². The second kappa shape index (κ2) is 7.99. The van der Waals surface area contributed by atoms with Crippen molar-refractivity contribution in [1.29, 1.82) is 0 Å². The van der Waals surface area contributed by atoms with Crippen molar-refractivity contribution in [2.24, 2.45) is 0 Å². The van der Waals surface area contributed by atoms with E-state index >= 15 is 0 Å². The van der Waals surface area contributed by atoms with Crippen LogP contribution in [0.15, 0.2) is 60.9 Å². The molecule has 10 heteroatoms. The SMILES string of the molecule is O=[P+](P)c1ccc(-c2cc(Nc3ccc(OC(F)(F)F)cc3)ncn2)cc1. The molecule has 1 N–H and O–H groups in total. The van der Waals surface area contributed by atoms with E-state index in [0.717, 1.165) is 5.56 Å². The van der Waals surface area contributed by atoms with E-state index in [1.165, 1.54) is 30.6 Å². The highest BCUT2D eigenvalue weighted by Gasteiger charge is 2.30. The van der Waals surface area contributed by atoms with E-state index < -0.39 is 13.9 Å². The molecule has 3 rings (SSSR count). The Kier molecular flexibility index (Phi) is 5.68. The largest absolute Gasteiger partial charge is 0.573 e. The molecule has 2 unspecified atom stereocenters. The lowest BCUT2D eigenvalue weighted by molar-refractivity contribution is -0.274. The fraction of sp³-hybridized carbons (Fsp3) is 0.0588. The Morgan fingerprint density at radius 2 is 1.67 bits per heavy atom. The second-order valence-corrected chi connectivity index (χ2v) is 7.93. The third-order valence-electron chi connectivity index (χ3n) is 3.44. The topological polar surface area (TPSA) is 64.1 Å². The minimum absolute atomic E-state index is 0.302. The molecule has 1 aromatic heterocycles. The second-order valence-electron chi connectivity index (χ2n) is 5.36. The summed E-state index contributed by atoms with van der Waals surface area (Å²) in [4.78, 5) is 8.31. The number of benzene rings is 2. The van der Waals surface area contributed by atoms with Crippen LogP contribution in [-0.4, -0.2) is 16.3 Å². The van der Waals surface area contributed by atoms with Gasteiger partial charge in [0.05, 0.1) is 5.69 Å². The fourth-order valence-electron chi connectivity index (χ4n) is 2.25. The molecular formula is C17H13F3N3O2P2+. The van der Waals surface area contributed by atoms with Gasteiger partial charge in [0.15, 0.2) is 5.30 Å². The number of hydrogen-bond donors (Lipinski definition) is 1. The van der Waals surface area contributed by atoms with Crippen LogP contribution in [0, 0.1) is 0 Å². The van der Waals surface area contributed by atoms with E-state index in [0.29, 0.717) is 22.5 Å². The number of alkyl halides is 3. The highest BCUT2D eigenvalue weighted by molar-refractivity contribution is 8.10. The molecule has 2 atom stereocenters. The lowest BCUT2D eigenvalue weighted by Gasteiger charge is -2.10. The number of nitrogens with zero attached hydrogens (tertiary/aromatic N) is 2. The smallest absolute Gasteiger partial charge is 0.406 e. The Labute approximate surface area is 155 Å². The van der Waals surface area contributed by atoms with Crippen LogP contribution in [0.2, 0.25) is 0 Å². The van der Waals surface area contributed by atoms with Gasteiger partial charge < -0.3 is 10.1 Å². The normalized spacial score (nSPS) is 11.8. The zero-order chi connectivity index (χ0) is 19.4. The molecule has 138 valence electrons. The third-order valence-corrected chi connectivity index (χ3v) is 5.15. The van der Waals surface area contributed by atoms with Crippen LogP contribution in [0.3, 0.4) is 0 Å². The maximum atomic E-state index is 12.2. The average molecular weight is 410 g/mol. The van der Waals surface area contributed by atoms with Crippen molar-refractivity contribution in [3.63, 3.8) is 0 Å². The minimum atomic E-state index is -4.73. The van der Waals surface area contributed by atoms with E-state index in [2.05, 4.69) is 29.0 Å². The summed E-state index contributed by atoms with van der Waals surface area (Å²) in [5, 5.41) is 3.71. The maximum Gasteiger partial charge on any atom is 0.573 e. The van der Waals surface area contributed by atoms with Crippen LogP contribution in [0.5, 0.6) is 5.75 Å². The van der Waals surface area contributed by atoms with E-state index in [1.54, 1.807) is 18.2 Å². The zero-order valence-electron chi connectivity index (χ0n) is 13.6. The molecule has 3 aromatic rings. The molecule has 0 amide bonds. The van der Waals surface area contributed by atoms with Crippen molar-refractivity contribution in [3.8, 4) is 17.0 Å². The van der Waals surface area contributed by atoms with Gasteiger partial charge in [0, 0.05) is 17.3 Å². The number of nitrogens with one attached hydrogen (secondary N) is 1. The Hall–Kier alpha value is -2.56. The summed E-state index contributed by atoms with van der Waals surface area (Å²) >= 11 is 0. The standard InChI is InChI=1S/C17H13F3N3O2P2/c18-17(19,20)25-13-5-3-12(4-6-13)23-16-9-15(21-10-22-16)11-1-7-14(8-2-11)27(24)26/h1-10H,26H2,(H,21,22,23)/q+1. The number of rotatable bonds is 5. The van der Waals surface area contributed by atoms with Crippen LogP contribution in [0.25, 0.3) is 11.3 Å². The molecule has 0 saturated heterocycles. The van der Waals surface area contributed by atoms with Crippen molar-refractivity contribution < 1.29 is 22.5 Å². The van der Waals surface area contributed by atoms with Crippen LogP contribution < -0.4 is 15.4 Å². The Balaban J connectivity index is 1.75. The molecule has 1 heterocycles. The van der Waals surface area contributed by atoms with E-state index in [4.69, 9.17) is 0 Å². The van der Waals surface area contributed by atoms with Gasteiger partial charge in [-0.2, -0.15) is 0 Å². The van der Waals surface area contributed by atoms with Gasteiger partial charge in [-0.05, 0) is 48.5 Å². The predicted octanol–water partition coefficient (Wildman–Crippen LogP) is 5.03. The summed E-state index contributed by atoms with van der Waals surface area (Å²) in [6.45, 7) is 0. The molecule has 27 heavy (non-hydrogen) atoms. The summed E-state index contributed by atoms with van der Waals surface area (Å²) in [7, 11) is 0.773. The van der Waals surface area contributed by atoms with Crippen LogP contribution in [0.4, 0.5) is 24.7 Å². The molecule has 0 bridgehead atoms. The van der Waals surface area contributed by atoms with Crippen molar-refractivity contribution in [3.05, 3.63) is 60.9 Å². The Bertz CT molecular complexity index is 949. The van der Waals surface area contributed by atoms with Gasteiger partial charge in [-0.3, -0.25) is 0 Å². The summed E-state index contributed by atoms with van der Waals surface area (Å²) < 4.78 is 51.9. The first-order chi connectivity index (χ1) is 12.8. The molecule has 2 aromatic carbocycles. The lowest BCUT2D eigenvalue weighted by Crippen LogP contribution is -2.16. The average Bonchev–Trinajstić information content (AvgIpc) is 2.62. The summed E-state index contributed by atoms with van der Waals surface area (Å²) in [5.74, 6) is 0.176. The minimum Gasteiger partial charge on any atom is -0.406 e. The van der Waals surface area contributed by atoms with Gasteiger partial charge >= 0.3 is 13.9 Å². The highest BCUT2D eigenvalue weighted by atomic mass is 32.0. The Morgan fingerprint density at radius 1 is 1.00 bits per heavy atom. The first kappa shape index (κ1) is 19.2. The van der Waals surface area contributed by atoms with Crippen LogP contribution >= 0.6 is 16.4 Å². The molecule has 0 fully saturated rings. The number of ether oxygens (including phenoxy) is 1. The molecule has 0 aliphatic rings. The van der Waals surface area contributed by atoms with Crippen molar-refractivity contribution in [2.75, 3.05) is 5.32 Å². The molecule has 0 radical (unpaired) electrons. The lowest BCUT2D eigenvalue weighted by atomic mass is 10.1. The molecule has 0 saturated carbocycles.